The molecule has 0 saturated heterocycles. The molecule has 2 aromatic rings. The predicted octanol–water partition coefficient (Wildman–Crippen LogP) is 2.89. The summed E-state index contributed by atoms with van der Waals surface area (Å²) in [6, 6.07) is 12.3. The number of ether oxygens (including phenoxy) is 3. The molecule has 0 aliphatic rings. The van der Waals surface area contributed by atoms with Crippen molar-refractivity contribution in [2.45, 2.75) is 18.9 Å². The largest absolute Gasteiger partial charge is 0.497 e. The Kier molecular flexibility index (Phi) is 6.21. The van der Waals surface area contributed by atoms with Gasteiger partial charge in [0.1, 0.15) is 5.75 Å². The number of Topliss-reactive ketones (excluding diaryl/α,β-unsaturated/α-hetero) is 1. The lowest BCUT2D eigenvalue weighted by Gasteiger charge is -2.13. The molecule has 5 heteroatoms. The summed E-state index contributed by atoms with van der Waals surface area (Å²) in [5.74, 6) is 1.82. The number of carbonyl (C=O) groups excluding carboxylic acids is 1. The van der Waals surface area contributed by atoms with E-state index in [9.17, 15) is 9.90 Å². The third-order valence-corrected chi connectivity index (χ3v) is 3.75. The molecular weight excluding hydrogens is 308 g/mol. The number of methoxy groups -OCH3 is 3. The lowest BCUT2D eigenvalue weighted by atomic mass is 10.00. The van der Waals surface area contributed by atoms with E-state index in [1.54, 1.807) is 57.7 Å². The molecule has 0 spiro atoms. The molecular formula is C19H22O5. The Morgan fingerprint density at radius 3 is 2.21 bits per heavy atom. The molecule has 0 saturated carbocycles. The molecule has 1 N–H and O–H groups in total. The summed E-state index contributed by atoms with van der Waals surface area (Å²) in [6.45, 7) is 0. The van der Waals surface area contributed by atoms with Gasteiger partial charge in [-0.15, -0.1) is 0 Å². The molecule has 1 atom stereocenters. The summed E-state index contributed by atoms with van der Waals surface area (Å²) >= 11 is 0. The summed E-state index contributed by atoms with van der Waals surface area (Å²) in [5, 5.41) is 10.2. The number of benzene rings is 2. The van der Waals surface area contributed by atoms with Gasteiger partial charge < -0.3 is 19.3 Å². The van der Waals surface area contributed by atoms with Crippen LogP contribution in [0.1, 0.15) is 22.3 Å². The van der Waals surface area contributed by atoms with Crippen LogP contribution >= 0.6 is 0 Å². The van der Waals surface area contributed by atoms with Crippen LogP contribution in [0.4, 0.5) is 0 Å². The summed E-state index contributed by atoms with van der Waals surface area (Å²) < 4.78 is 15.5. The monoisotopic (exact) mass is 330 g/mol. The lowest BCUT2D eigenvalue weighted by Crippen LogP contribution is -2.16. The van der Waals surface area contributed by atoms with Gasteiger partial charge in [-0.25, -0.2) is 0 Å². The van der Waals surface area contributed by atoms with E-state index in [0.717, 1.165) is 5.56 Å². The molecule has 0 radical (unpaired) electrons. The third kappa shape index (κ3) is 4.49. The zero-order valence-corrected chi connectivity index (χ0v) is 14.1. The van der Waals surface area contributed by atoms with Gasteiger partial charge in [-0.05, 0) is 48.4 Å². The Morgan fingerprint density at radius 2 is 1.62 bits per heavy atom. The molecule has 5 nitrogen and oxygen atoms in total. The topological polar surface area (TPSA) is 65.0 Å². The average molecular weight is 330 g/mol. The third-order valence-electron chi connectivity index (χ3n) is 3.75. The van der Waals surface area contributed by atoms with Crippen molar-refractivity contribution in [3.8, 4) is 17.2 Å². The minimum absolute atomic E-state index is 0.0562. The van der Waals surface area contributed by atoms with Gasteiger partial charge in [0.15, 0.2) is 17.3 Å². The van der Waals surface area contributed by atoms with Crippen LogP contribution in [0.3, 0.4) is 0 Å². The summed E-state index contributed by atoms with van der Waals surface area (Å²) in [5.41, 5.74) is 1.44. The number of carbonyl (C=O) groups is 1. The van der Waals surface area contributed by atoms with Crippen LogP contribution in [0.5, 0.6) is 17.2 Å². The van der Waals surface area contributed by atoms with Crippen molar-refractivity contribution in [2.24, 2.45) is 0 Å². The first-order chi connectivity index (χ1) is 11.6. The second-order valence-corrected chi connectivity index (χ2v) is 5.40. The van der Waals surface area contributed by atoms with Crippen LogP contribution < -0.4 is 14.2 Å². The highest BCUT2D eigenvalue weighted by Gasteiger charge is 2.15. The van der Waals surface area contributed by atoms with Gasteiger partial charge in [0.05, 0.1) is 27.4 Å². The van der Waals surface area contributed by atoms with E-state index in [1.807, 2.05) is 6.07 Å². The average Bonchev–Trinajstić information content (AvgIpc) is 2.61. The highest BCUT2D eigenvalue weighted by molar-refractivity contribution is 5.96. The molecule has 0 fully saturated rings. The summed E-state index contributed by atoms with van der Waals surface area (Å²) in [7, 11) is 4.70. The van der Waals surface area contributed by atoms with Gasteiger partial charge in [-0.1, -0.05) is 6.07 Å². The molecule has 0 aliphatic carbocycles. The van der Waals surface area contributed by atoms with Crippen LogP contribution in [0, 0.1) is 0 Å². The van der Waals surface area contributed by atoms with E-state index in [2.05, 4.69) is 0 Å². The maximum absolute atomic E-state index is 12.2. The van der Waals surface area contributed by atoms with Crippen molar-refractivity contribution >= 4 is 5.78 Å². The highest BCUT2D eigenvalue weighted by atomic mass is 16.5. The van der Waals surface area contributed by atoms with Crippen molar-refractivity contribution in [2.75, 3.05) is 21.3 Å². The number of hydrogen-bond donors (Lipinski definition) is 1. The Balaban J connectivity index is 1.99. The summed E-state index contributed by atoms with van der Waals surface area (Å²) in [6.07, 6.45) is -0.346. The standard InChI is InChI=1S/C19H22O5/c1-22-16-7-5-14(6-8-16)17(21)12-15(20)10-13-4-9-18(23-2)19(11-13)24-3/h4-9,11,15,20H,10,12H2,1-3H3. The smallest absolute Gasteiger partial charge is 0.165 e. The number of hydrogen-bond acceptors (Lipinski definition) is 5. The number of aliphatic hydroxyl groups is 1. The van der Waals surface area contributed by atoms with E-state index in [1.165, 1.54) is 0 Å². The molecule has 2 rings (SSSR count). The van der Waals surface area contributed by atoms with Crippen molar-refractivity contribution in [3.63, 3.8) is 0 Å². The van der Waals surface area contributed by atoms with Gasteiger partial charge in [0, 0.05) is 12.0 Å². The molecule has 0 bridgehead atoms. The molecule has 0 heterocycles. The quantitative estimate of drug-likeness (QED) is 0.754. The van der Waals surface area contributed by atoms with E-state index in [0.29, 0.717) is 29.2 Å². The molecule has 1 unspecified atom stereocenters. The van der Waals surface area contributed by atoms with Crippen LogP contribution in [0.2, 0.25) is 0 Å². The van der Waals surface area contributed by atoms with Gasteiger partial charge in [0.25, 0.3) is 0 Å². The Labute approximate surface area is 141 Å². The van der Waals surface area contributed by atoms with Crippen LogP contribution in [0.25, 0.3) is 0 Å². The highest BCUT2D eigenvalue weighted by Crippen LogP contribution is 2.28. The van der Waals surface area contributed by atoms with Gasteiger partial charge >= 0.3 is 0 Å². The minimum atomic E-state index is -0.766. The number of rotatable bonds is 8. The van der Waals surface area contributed by atoms with Gasteiger partial charge in [0.2, 0.25) is 0 Å². The van der Waals surface area contributed by atoms with Gasteiger partial charge in [-0.2, -0.15) is 0 Å². The van der Waals surface area contributed by atoms with Crippen molar-refractivity contribution in [1.82, 2.24) is 0 Å². The molecule has 0 aliphatic heterocycles. The molecule has 128 valence electrons. The van der Waals surface area contributed by atoms with Crippen LogP contribution in [-0.2, 0) is 6.42 Å². The molecule has 2 aromatic carbocycles. The fraction of sp³-hybridized carbons (Fsp3) is 0.316. The first-order valence-corrected chi connectivity index (χ1v) is 7.63. The SMILES string of the molecule is COc1ccc(C(=O)CC(O)Cc2ccc(OC)c(OC)c2)cc1. The predicted molar refractivity (Wildman–Crippen MR) is 91.2 cm³/mol. The first-order valence-electron chi connectivity index (χ1n) is 7.63. The van der Waals surface area contributed by atoms with Crippen molar-refractivity contribution in [3.05, 3.63) is 53.6 Å². The Bertz CT molecular complexity index is 679. The second-order valence-electron chi connectivity index (χ2n) is 5.40. The Hall–Kier alpha value is -2.53. The molecule has 24 heavy (non-hydrogen) atoms. The van der Waals surface area contributed by atoms with E-state index in [4.69, 9.17) is 14.2 Å². The van der Waals surface area contributed by atoms with Crippen molar-refractivity contribution < 1.29 is 24.1 Å². The Morgan fingerprint density at radius 1 is 0.958 bits per heavy atom. The molecule has 0 amide bonds. The maximum Gasteiger partial charge on any atom is 0.165 e. The second kappa shape index (κ2) is 8.36. The van der Waals surface area contributed by atoms with Crippen molar-refractivity contribution in [1.29, 1.82) is 0 Å². The minimum Gasteiger partial charge on any atom is -0.497 e. The fourth-order valence-corrected chi connectivity index (χ4v) is 2.46. The normalized spacial score (nSPS) is 11.7. The zero-order valence-electron chi connectivity index (χ0n) is 14.1. The number of ketones is 1. The zero-order chi connectivity index (χ0) is 17.5. The number of aliphatic hydroxyl groups excluding tert-OH is 1. The van der Waals surface area contributed by atoms with Crippen LogP contribution in [-0.4, -0.2) is 38.3 Å². The first kappa shape index (κ1) is 17.8. The van der Waals surface area contributed by atoms with E-state index in [-0.39, 0.29) is 12.2 Å². The van der Waals surface area contributed by atoms with E-state index >= 15 is 0 Å². The lowest BCUT2D eigenvalue weighted by molar-refractivity contribution is 0.0881. The fourth-order valence-electron chi connectivity index (χ4n) is 2.46. The van der Waals surface area contributed by atoms with Crippen LogP contribution in [0.15, 0.2) is 42.5 Å². The van der Waals surface area contributed by atoms with Gasteiger partial charge in [-0.3, -0.25) is 4.79 Å². The summed E-state index contributed by atoms with van der Waals surface area (Å²) in [4.78, 5) is 12.2. The molecule has 0 aromatic heterocycles. The van der Waals surface area contributed by atoms with E-state index < -0.39 is 6.10 Å². The maximum atomic E-state index is 12.2.